The van der Waals surface area contributed by atoms with E-state index in [2.05, 4.69) is 0 Å². The third-order valence-corrected chi connectivity index (χ3v) is 4.58. The molecule has 0 aromatic heterocycles. The minimum atomic E-state index is -0.493. The standard InChI is InChI=1S/C14H12Cl2N2OS/c15-11-5-8(14(18)19)1-2-9(11)7-20-13-4-3-10(17)6-12(13)16/h1-6H,7,17H2,(H2,18,19). The van der Waals surface area contributed by atoms with Crippen LogP contribution in [0, 0.1) is 0 Å². The van der Waals surface area contributed by atoms with Crippen molar-refractivity contribution in [1.82, 2.24) is 0 Å². The van der Waals surface area contributed by atoms with E-state index in [0.717, 1.165) is 10.5 Å². The Balaban J connectivity index is 2.13. The lowest BCUT2D eigenvalue weighted by Crippen LogP contribution is -2.10. The van der Waals surface area contributed by atoms with Gasteiger partial charge in [-0.05, 0) is 35.9 Å². The number of thioether (sulfide) groups is 1. The fraction of sp³-hybridized carbons (Fsp3) is 0.0714. The molecule has 0 saturated carbocycles. The van der Waals surface area contributed by atoms with Crippen LogP contribution in [0.25, 0.3) is 0 Å². The van der Waals surface area contributed by atoms with Crippen molar-refractivity contribution in [1.29, 1.82) is 0 Å². The first-order valence-electron chi connectivity index (χ1n) is 5.73. The van der Waals surface area contributed by atoms with Crippen molar-refractivity contribution in [2.75, 3.05) is 5.73 Å². The predicted octanol–water partition coefficient (Wildman–Crippen LogP) is 3.97. The lowest BCUT2D eigenvalue weighted by Gasteiger charge is -2.07. The summed E-state index contributed by atoms with van der Waals surface area (Å²) in [4.78, 5) is 12.0. The third-order valence-electron chi connectivity index (χ3n) is 2.68. The first-order chi connectivity index (χ1) is 9.47. The first-order valence-corrected chi connectivity index (χ1v) is 7.47. The van der Waals surface area contributed by atoms with E-state index in [-0.39, 0.29) is 0 Å². The van der Waals surface area contributed by atoms with Crippen LogP contribution in [-0.4, -0.2) is 5.91 Å². The second-order valence-corrected chi connectivity index (χ2v) is 5.98. The average molecular weight is 327 g/mol. The van der Waals surface area contributed by atoms with E-state index in [4.69, 9.17) is 34.7 Å². The monoisotopic (exact) mass is 326 g/mol. The maximum absolute atomic E-state index is 11.0. The van der Waals surface area contributed by atoms with Gasteiger partial charge in [0.1, 0.15) is 0 Å². The molecular formula is C14H12Cl2N2OS. The number of nitrogen functional groups attached to an aromatic ring is 1. The van der Waals surface area contributed by atoms with Gasteiger partial charge in [-0.1, -0.05) is 29.3 Å². The molecule has 0 bridgehead atoms. The molecule has 0 aliphatic carbocycles. The molecule has 4 N–H and O–H groups in total. The van der Waals surface area contributed by atoms with Crippen LogP contribution >= 0.6 is 35.0 Å². The van der Waals surface area contributed by atoms with Crippen LogP contribution in [-0.2, 0) is 5.75 Å². The van der Waals surface area contributed by atoms with Gasteiger partial charge in [-0.25, -0.2) is 0 Å². The molecule has 1 amide bonds. The molecule has 0 saturated heterocycles. The normalized spacial score (nSPS) is 10.5. The molecule has 2 rings (SSSR count). The fourth-order valence-corrected chi connectivity index (χ4v) is 3.21. The van der Waals surface area contributed by atoms with Gasteiger partial charge < -0.3 is 11.5 Å². The summed E-state index contributed by atoms with van der Waals surface area (Å²) in [6.07, 6.45) is 0. The molecule has 20 heavy (non-hydrogen) atoms. The number of hydrogen-bond donors (Lipinski definition) is 2. The summed E-state index contributed by atoms with van der Waals surface area (Å²) >= 11 is 13.8. The second kappa shape index (κ2) is 6.39. The van der Waals surface area contributed by atoms with Gasteiger partial charge in [-0.2, -0.15) is 0 Å². The zero-order chi connectivity index (χ0) is 14.7. The Bertz CT molecular complexity index is 662. The van der Waals surface area contributed by atoms with Gasteiger partial charge in [-0.3, -0.25) is 4.79 Å². The summed E-state index contributed by atoms with van der Waals surface area (Å²) < 4.78 is 0. The van der Waals surface area contributed by atoms with Gasteiger partial charge in [0.25, 0.3) is 0 Å². The molecule has 2 aromatic carbocycles. The molecule has 0 spiro atoms. The van der Waals surface area contributed by atoms with Crippen molar-refractivity contribution in [3.05, 3.63) is 57.6 Å². The average Bonchev–Trinajstić information content (AvgIpc) is 2.38. The molecule has 0 radical (unpaired) electrons. The minimum Gasteiger partial charge on any atom is -0.399 e. The summed E-state index contributed by atoms with van der Waals surface area (Å²) in [5.41, 5.74) is 12.8. The second-order valence-electron chi connectivity index (χ2n) is 4.15. The maximum atomic E-state index is 11.0. The Morgan fingerprint density at radius 3 is 2.45 bits per heavy atom. The topological polar surface area (TPSA) is 69.1 Å². The van der Waals surface area contributed by atoms with Crippen molar-refractivity contribution >= 4 is 46.6 Å². The zero-order valence-corrected chi connectivity index (χ0v) is 12.7. The number of carbonyl (C=O) groups is 1. The van der Waals surface area contributed by atoms with Crippen molar-refractivity contribution in [3.8, 4) is 0 Å². The maximum Gasteiger partial charge on any atom is 0.248 e. The number of primary amides is 1. The van der Waals surface area contributed by atoms with Crippen LogP contribution in [0.3, 0.4) is 0 Å². The molecule has 0 unspecified atom stereocenters. The van der Waals surface area contributed by atoms with Crippen molar-refractivity contribution < 1.29 is 4.79 Å². The van der Waals surface area contributed by atoms with E-state index < -0.39 is 5.91 Å². The number of amides is 1. The third kappa shape index (κ3) is 3.60. The highest BCUT2D eigenvalue weighted by Crippen LogP contribution is 2.33. The van der Waals surface area contributed by atoms with E-state index in [0.29, 0.717) is 27.0 Å². The van der Waals surface area contributed by atoms with Crippen LogP contribution < -0.4 is 11.5 Å². The fourth-order valence-electron chi connectivity index (χ4n) is 1.61. The van der Waals surface area contributed by atoms with Gasteiger partial charge in [0.2, 0.25) is 5.91 Å². The Morgan fingerprint density at radius 2 is 1.85 bits per heavy atom. The SMILES string of the molecule is NC(=O)c1ccc(CSc2ccc(N)cc2Cl)c(Cl)c1. The minimum absolute atomic E-state index is 0.397. The van der Waals surface area contributed by atoms with Gasteiger partial charge in [0.15, 0.2) is 0 Å². The summed E-state index contributed by atoms with van der Waals surface area (Å²) in [6.45, 7) is 0. The van der Waals surface area contributed by atoms with Crippen molar-refractivity contribution in [2.45, 2.75) is 10.6 Å². The highest BCUT2D eigenvalue weighted by Gasteiger charge is 2.08. The lowest BCUT2D eigenvalue weighted by atomic mass is 10.1. The number of nitrogens with two attached hydrogens (primary N) is 2. The van der Waals surface area contributed by atoms with Crippen molar-refractivity contribution in [3.63, 3.8) is 0 Å². The molecule has 0 fully saturated rings. The number of benzene rings is 2. The highest BCUT2D eigenvalue weighted by molar-refractivity contribution is 7.98. The Kier molecular flexibility index (Phi) is 4.81. The molecule has 0 atom stereocenters. The first kappa shape index (κ1) is 15.0. The lowest BCUT2D eigenvalue weighted by molar-refractivity contribution is 0.100. The van der Waals surface area contributed by atoms with Gasteiger partial charge in [0.05, 0.1) is 5.02 Å². The Labute approximate surface area is 131 Å². The molecule has 6 heteroatoms. The molecule has 104 valence electrons. The van der Waals surface area contributed by atoms with Crippen LogP contribution in [0.15, 0.2) is 41.3 Å². The molecular weight excluding hydrogens is 315 g/mol. The predicted molar refractivity (Wildman–Crippen MR) is 85.4 cm³/mol. The number of halogens is 2. The van der Waals surface area contributed by atoms with Gasteiger partial charge >= 0.3 is 0 Å². The van der Waals surface area contributed by atoms with Crippen LogP contribution in [0.1, 0.15) is 15.9 Å². The van der Waals surface area contributed by atoms with E-state index in [9.17, 15) is 4.79 Å². The summed E-state index contributed by atoms with van der Waals surface area (Å²) in [7, 11) is 0. The Hall–Kier alpha value is -1.36. The quantitative estimate of drug-likeness (QED) is 0.659. The summed E-state index contributed by atoms with van der Waals surface area (Å²) in [6, 6.07) is 10.4. The van der Waals surface area contributed by atoms with Gasteiger partial charge in [-0.15, -0.1) is 11.8 Å². The summed E-state index contributed by atoms with van der Waals surface area (Å²) in [5, 5.41) is 1.13. The molecule has 0 aliphatic heterocycles. The summed E-state index contributed by atoms with van der Waals surface area (Å²) in [5.74, 6) is 0.148. The number of hydrogen-bond acceptors (Lipinski definition) is 3. The van der Waals surface area contributed by atoms with E-state index in [1.54, 1.807) is 42.1 Å². The highest BCUT2D eigenvalue weighted by atomic mass is 35.5. The molecule has 3 nitrogen and oxygen atoms in total. The van der Waals surface area contributed by atoms with Crippen molar-refractivity contribution in [2.24, 2.45) is 5.73 Å². The molecule has 2 aromatic rings. The Morgan fingerprint density at radius 1 is 1.10 bits per heavy atom. The largest absolute Gasteiger partial charge is 0.399 e. The van der Waals surface area contributed by atoms with Gasteiger partial charge in [0, 0.05) is 26.9 Å². The van der Waals surface area contributed by atoms with E-state index in [1.807, 2.05) is 6.07 Å². The van der Waals surface area contributed by atoms with Crippen LogP contribution in [0.2, 0.25) is 10.0 Å². The van der Waals surface area contributed by atoms with Crippen LogP contribution in [0.4, 0.5) is 5.69 Å². The van der Waals surface area contributed by atoms with Crippen LogP contribution in [0.5, 0.6) is 0 Å². The zero-order valence-electron chi connectivity index (χ0n) is 10.4. The molecule has 0 aliphatic rings. The smallest absolute Gasteiger partial charge is 0.248 e. The number of anilines is 1. The number of rotatable bonds is 4. The molecule has 0 heterocycles. The van der Waals surface area contributed by atoms with E-state index in [1.165, 1.54) is 0 Å². The number of carbonyl (C=O) groups excluding carboxylic acids is 1. The van der Waals surface area contributed by atoms with E-state index >= 15 is 0 Å².